The number of hydrogen-bond acceptors (Lipinski definition) is 3. The van der Waals surface area contributed by atoms with Crippen molar-refractivity contribution in [2.24, 2.45) is 0 Å². The van der Waals surface area contributed by atoms with Crippen LogP contribution in [0, 0.1) is 0 Å². The molecule has 0 spiro atoms. The van der Waals surface area contributed by atoms with E-state index >= 15 is 0 Å². The van der Waals surface area contributed by atoms with E-state index in [1.54, 1.807) is 0 Å². The van der Waals surface area contributed by atoms with Gasteiger partial charge in [0, 0.05) is 37.1 Å². The Kier molecular flexibility index (Phi) is 5.53. The van der Waals surface area contributed by atoms with Crippen LogP contribution in [-0.4, -0.2) is 45.7 Å². The summed E-state index contributed by atoms with van der Waals surface area (Å²) in [5.74, 6) is 0. The minimum Gasteiger partial charge on any atom is -0.336 e. The predicted molar refractivity (Wildman–Crippen MR) is 90.9 cm³/mol. The molecule has 124 valence electrons. The molecule has 1 aromatic heterocycles. The molecule has 2 aliphatic rings. The number of likely N-dealkylation sites (tertiary alicyclic amines) is 1. The van der Waals surface area contributed by atoms with Gasteiger partial charge in [-0.25, -0.2) is 4.98 Å². The lowest BCUT2D eigenvalue weighted by molar-refractivity contribution is 0.0314. The fourth-order valence-electron chi connectivity index (χ4n) is 4.32. The molecule has 22 heavy (non-hydrogen) atoms. The van der Waals surface area contributed by atoms with Crippen LogP contribution in [0.3, 0.4) is 0 Å². The molecule has 1 unspecified atom stereocenters. The van der Waals surface area contributed by atoms with Crippen molar-refractivity contribution in [1.82, 2.24) is 19.8 Å². The highest BCUT2D eigenvalue weighted by molar-refractivity contribution is 4.96. The summed E-state index contributed by atoms with van der Waals surface area (Å²) < 4.78 is 2.17. The zero-order chi connectivity index (χ0) is 15.3. The quantitative estimate of drug-likeness (QED) is 0.877. The summed E-state index contributed by atoms with van der Waals surface area (Å²) in [6, 6.07) is 0.498. The van der Waals surface area contributed by atoms with Crippen LogP contribution in [0.1, 0.15) is 58.3 Å². The van der Waals surface area contributed by atoms with Gasteiger partial charge in [0.1, 0.15) is 0 Å². The summed E-state index contributed by atoms with van der Waals surface area (Å²) in [4.78, 5) is 6.97. The molecule has 0 aromatic carbocycles. The van der Waals surface area contributed by atoms with E-state index in [2.05, 4.69) is 32.9 Å². The molecule has 3 rings (SSSR count). The first kappa shape index (κ1) is 16.0. The minimum absolute atomic E-state index is 0.432. The smallest absolute Gasteiger partial charge is 0.0946 e. The lowest BCUT2D eigenvalue weighted by atomic mass is 9.79. The number of nitrogens with one attached hydrogen (secondary N) is 1. The normalized spacial score (nSPS) is 24.2. The first-order chi connectivity index (χ1) is 10.8. The molecule has 1 saturated heterocycles. The second kappa shape index (κ2) is 7.60. The van der Waals surface area contributed by atoms with Gasteiger partial charge >= 0.3 is 0 Å². The lowest BCUT2D eigenvalue weighted by Crippen LogP contribution is -2.58. The van der Waals surface area contributed by atoms with Crippen molar-refractivity contribution < 1.29 is 0 Å². The van der Waals surface area contributed by atoms with Crippen LogP contribution >= 0.6 is 0 Å². The van der Waals surface area contributed by atoms with Gasteiger partial charge < -0.3 is 9.88 Å². The van der Waals surface area contributed by atoms with Crippen molar-refractivity contribution in [3.05, 3.63) is 18.7 Å². The van der Waals surface area contributed by atoms with Gasteiger partial charge in [-0.05, 0) is 45.7 Å². The highest BCUT2D eigenvalue weighted by atomic mass is 15.2. The Morgan fingerprint density at radius 3 is 2.50 bits per heavy atom. The molecule has 2 heterocycles. The molecule has 1 atom stereocenters. The van der Waals surface area contributed by atoms with Crippen molar-refractivity contribution in [2.75, 3.05) is 19.6 Å². The Balaban J connectivity index is 1.57. The van der Waals surface area contributed by atoms with Crippen LogP contribution in [0.4, 0.5) is 0 Å². The summed E-state index contributed by atoms with van der Waals surface area (Å²) in [6.07, 6.45) is 17.1. The van der Waals surface area contributed by atoms with E-state index in [9.17, 15) is 0 Å². The van der Waals surface area contributed by atoms with Gasteiger partial charge in [0.05, 0.1) is 6.33 Å². The van der Waals surface area contributed by atoms with Crippen LogP contribution in [0.15, 0.2) is 18.7 Å². The summed E-state index contributed by atoms with van der Waals surface area (Å²) in [5, 5.41) is 3.84. The zero-order valence-corrected chi connectivity index (χ0v) is 14.1. The molecule has 4 heteroatoms. The highest BCUT2D eigenvalue weighted by Gasteiger charge is 2.38. The molecule has 0 bridgehead atoms. The Bertz CT molecular complexity index is 416. The van der Waals surface area contributed by atoms with Gasteiger partial charge in [-0.2, -0.15) is 0 Å². The number of imidazole rings is 1. The Labute approximate surface area is 135 Å². The summed E-state index contributed by atoms with van der Waals surface area (Å²) in [6.45, 7) is 7.10. The topological polar surface area (TPSA) is 33.1 Å². The zero-order valence-electron chi connectivity index (χ0n) is 14.1. The Morgan fingerprint density at radius 2 is 1.82 bits per heavy atom. The van der Waals surface area contributed by atoms with Crippen LogP contribution in [0.25, 0.3) is 0 Å². The van der Waals surface area contributed by atoms with E-state index in [1.807, 2.05) is 12.5 Å². The maximum atomic E-state index is 4.14. The van der Waals surface area contributed by atoms with Crippen LogP contribution in [-0.2, 0) is 6.54 Å². The molecular weight excluding hydrogens is 272 g/mol. The monoisotopic (exact) mass is 304 g/mol. The van der Waals surface area contributed by atoms with E-state index in [0.29, 0.717) is 11.6 Å². The van der Waals surface area contributed by atoms with Crippen LogP contribution in [0.2, 0.25) is 0 Å². The summed E-state index contributed by atoms with van der Waals surface area (Å²) in [7, 11) is 0. The van der Waals surface area contributed by atoms with Gasteiger partial charge in [-0.15, -0.1) is 0 Å². The largest absolute Gasteiger partial charge is 0.336 e. The third kappa shape index (κ3) is 3.90. The molecule has 0 radical (unpaired) electrons. The number of rotatable bonds is 6. The molecule has 1 aliphatic carbocycles. The third-order valence-corrected chi connectivity index (χ3v) is 5.63. The van der Waals surface area contributed by atoms with Gasteiger partial charge in [0.2, 0.25) is 0 Å². The number of piperidine rings is 1. The molecule has 1 aliphatic heterocycles. The van der Waals surface area contributed by atoms with E-state index < -0.39 is 0 Å². The van der Waals surface area contributed by atoms with E-state index in [0.717, 1.165) is 13.1 Å². The van der Waals surface area contributed by atoms with Crippen LogP contribution < -0.4 is 5.32 Å². The van der Waals surface area contributed by atoms with Crippen molar-refractivity contribution >= 4 is 0 Å². The highest BCUT2D eigenvalue weighted by Crippen LogP contribution is 2.35. The third-order valence-electron chi connectivity index (χ3n) is 5.63. The fourth-order valence-corrected chi connectivity index (χ4v) is 4.32. The molecule has 1 aromatic rings. The van der Waals surface area contributed by atoms with Crippen molar-refractivity contribution in [1.29, 1.82) is 0 Å². The molecule has 1 saturated carbocycles. The van der Waals surface area contributed by atoms with Crippen molar-refractivity contribution in [3.63, 3.8) is 0 Å². The van der Waals surface area contributed by atoms with E-state index in [-0.39, 0.29) is 0 Å². The molecule has 2 fully saturated rings. The van der Waals surface area contributed by atoms with Crippen molar-refractivity contribution in [3.8, 4) is 0 Å². The average molecular weight is 304 g/mol. The fraction of sp³-hybridized carbons (Fsp3) is 0.833. The van der Waals surface area contributed by atoms with Crippen LogP contribution in [0.5, 0.6) is 0 Å². The SMILES string of the molecule is CC(Cn1ccnc1)NCC1(N2CCCCC2)CCCCC1. The predicted octanol–water partition coefficient (Wildman–Crippen LogP) is 3.05. The second-order valence-electron chi connectivity index (χ2n) is 7.37. The number of nitrogens with zero attached hydrogens (tertiary/aromatic N) is 3. The molecule has 4 nitrogen and oxygen atoms in total. The molecule has 1 N–H and O–H groups in total. The van der Waals surface area contributed by atoms with E-state index in [1.165, 1.54) is 64.5 Å². The van der Waals surface area contributed by atoms with Crippen molar-refractivity contribution in [2.45, 2.75) is 76.4 Å². The van der Waals surface area contributed by atoms with Gasteiger partial charge in [0.15, 0.2) is 0 Å². The number of hydrogen-bond donors (Lipinski definition) is 1. The number of aromatic nitrogens is 2. The average Bonchev–Trinajstić information content (AvgIpc) is 3.08. The maximum absolute atomic E-state index is 4.14. The van der Waals surface area contributed by atoms with Gasteiger partial charge in [-0.3, -0.25) is 4.90 Å². The first-order valence-corrected chi connectivity index (χ1v) is 9.23. The standard InChI is InChI=1S/C18H32N4/c1-17(14-21-13-10-19-16-21)20-15-18(8-4-2-5-9-18)22-11-6-3-7-12-22/h10,13,16-17,20H,2-9,11-12,14-15H2,1H3. The summed E-state index contributed by atoms with van der Waals surface area (Å²) >= 11 is 0. The van der Waals surface area contributed by atoms with Gasteiger partial charge in [-0.1, -0.05) is 25.7 Å². The minimum atomic E-state index is 0.432. The van der Waals surface area contributed by atoms with Gasteiger partial charge in [0.25, 0.3) is 0 Å². The maximum Gasteiger partial charge on any atom is 0.0946 e. The first-order valence-electron chi connectivity index (χ1n) is 9.23. The molecular formula is C18H32N4. The second-order valence-corrected chi connectivity index (χ2v) is 7.37. The Hall–Kier alpha value is -0.870. The molecule has 0 amide bonds. The van der Waals surface area contributed by atoms with E-state index in [4.69, 9.17) is 0 Å². The summed E-state index contributed by atoms with van der Waals surface area (Å²) in [5.41, 5.74) is 0.432. The lowest BCUT2D eigenvalue weighted by Gasteiger charge is -2.49. The Morgan fingerprint density at radius 1 is 1.09 bits per heavy atom.